The van der Waals surface area contributed by atoms with Crippen LogP contribution in [-0.4, -0.2) is 15.9 Å². The molecule has 7 heteroatoms. The Kier molecular flexibility index (Phi) is 3.26. The van der Waals surface area contributed by atoms with Crippen LogP contribution in [0.2, 0.25) is 0 Å². The van der Waals surface area contributed by atoms with E-state index in [1.54, 1.807) is 0 Å². The number of carbonyl (C=O) groups excluding carboxylic acids is 1. The summed E-state index contributed by atoms with van der Waals surface area (Å²) >= 11 is 4.93. The third-order valence-corrected chi connectivity index (χ3v) is 3.12. The van der Waals surface area contributed by atoms with Crippen LogP contribution in [0.1, 0.15) is 10.4 Å². The van der Waals surface area contributed by atoms with Gasteiger partial charge in [0, 0.05) is 5.69 Å². The van der Waals surface area contributed by atoms with E-state index >= 15 is 0 Å². The maximum absolute atomic E-state index is 13.6. The second-order valence-electron chi connectivity index (χ2n) is 4.42. The lowest BCUT2D eigenvalue weighted by atomic mass is 10.1. The summed E-state index contributed by atoms with van der Waals surface area (Å²) in [6.07, 6.45) is 0. The van der Waals surface area contributed by atoms with Crippen molar-refractivity contribution in [1.82, 2.24) is 9.97 Å². The summed E-state index contributed by atoms with van der Waals surface area (Å²) in [7, 11) is 0. The number of rotatable bonds is 2. The van der Waals surface area contributed by atoms with E-state index in [1.165, 1.54) is 30.3 Å². The first-order valence-electron chi connectivity index (χ1n) is 6.01. The molecule has 0 fully saturated rings. The van der Waals surface area contributed by atoms with Crippen LogP contribution in [0.4, 0.5) is 14.5 Å². The number of carbonyl (C=O) groups is 1. The minimum Gasteiger partial charge on any atom is -0.331 e. The van der Waals surface area contributed by atoms with Gasteiger partial charge in [-0.15, -0.1) is 0 Å². The zero-order valence-corrected chi connectivity index (χ0v) is 11.4. The van der Waals surface area contributed by atoms with E-state index in [0.29, 0.717) is 11.0 Å². The second-order valence-corrected chi connectivity index (χ2v) is 4.83. The molecular weight excluding hydrogens is 296 g/mol. The Morgan fingerprint density at radius 1 is 1.10 bits per heavy atom. The molecule has 0 radical (unpaired) electrons. The van der Waals surface area contributed by atoms with Gasteiger partial charge in [0.1, 0.15) is 11.6 Å². The highest BCUT2D eigenvalue weighted by molar-refractivity contribution is 7.71. The van der Waals surface area contributed by atoms with Gasteiger partial charge in [-0.05, 0) is 42.5 Å². The molecule has 2 aromatic carbocycles. The number of hydrogen-bond donors (Lipinski definition) is 3. The quantitative estimate of drug-likeness (QED) is 0.631. The number of imidazole rings is 1. The van der Waals surface area contributed by atoms with Gasteiger partial charge in [0.15, 0.2) is 4.77 Å². The van der Waals surface area contributed by atoms with Crippen LogP contribution in [0.15, 0.2) is 36.4 Å². The Hall–Kier alpha value is -2.54. The van der Waals surface area contributed by atoms with Crippen molar-refractivity contribution in [2.24, 2.45) is 0 Å². The van der Waals surface area contributed by atoms with Crippen LogP contribution in [0, 0.1) is 16.4 Å². The third-order valence-electron chi connectivity index (χ3n) is 2.92. The molecule has 0 unspecified atom stereocenters. The van der Waals surface area contributed by atoms with Gasteiger partial charge in [-0.3, -0.25) is 4.79 Å². The maximum Gasteiger partial charge on any atom is 0.257 e. The summed E-state index contributed by atoms with van der Waals surface area (Å²) in [6.45, 7) is 0. The van der Waals surface area contributed by atoms with E-state index in [4.69, 9.17) is 12.2 Å². The maximum atomic E-state index is 13.6. The molecule has 21 heavy (non-hydrogen) atoms. The molecule has 0 aliphatic rings. The fourth-order valence-corrected chi connectivity index (χ4v) is 2.26. The van der Waals surface area contributed by atoms with Crippen molar-refractivity contribution in [2.45, 2.75) is 0 Å². The van der Waals surface area contributed by atoms with Crippen molar-refractivity contribution in [3.05, 3.63) is 58.4 Å². The SMILES string of the molecule is O=C(Nc1cccc(F)c1)c1cc(F)cc2[nH]c(=S)[nH]c12. The largest absolute Gasteiger partial charge is 0.331 e. The van der Waals surface area contributed by atoms with Crippen LogP contribution in [-0.2, 0) is 0 Å². The van der Waals surface area contributed by atoms with E-state index in [2.05, 4.69) is 15.3 Å². The van der Waals surface area contributed by atoms with Gasteiger partial charge >= 0.3 is 0 Å². The number of anilines is 1. The second kappa shape index (κ2) is 5.10. The van der Waals surface area contributed by atoms with Gasteiger partial charge < -0.3 is 15.3 Å². The van der Waals surface area contributed by atoms with Gasteiger partial charge in [-0.2, -0.15) is 0 Å². The van der Waals surface area contributed by atoms with E-state index in [1.807, 2.05) is 0 Å². The van der Waals surface area contributed by atoms with Crippen LogP contribution < -0.4 is 5.32 Å². The minimum atomic E-state index is -0.572. The molecule has 4 nitrogen and oxygen atoms in total. The topological polar surface area (TPSA) is 60.7 Å². The predicted octanol–water partition coefficient (Wildman–Crippen LogP) is 3.76. The first-order chi connectivity index (χ1) is 10.0. The van der Waals surface area contributed by atoms with Crippen molar-refractivity contribution >= 4 is 34.8 Å². The first kappa shape index (κ1) is 13.4. The Bertz CT molecular complexity index is 901. The normalized spacial score (nSPS) is 10.8. The minimum absolute atomic E-state index is 0.0848. The number of aromatic nitrogens is 2. The highest BCUT2D eigenvalue weighted by Gasteiger charge is 2.14. The van der Waals surface area contributed by atoms with E-state index < -0.39 is 17.5 Å². The molecule has 1 amide bonds. The average Bonchev–Trinajstić information content (AvgIpc) is 2.77. The Morgan fingerprint density at radius 2 is 1.90 bits per heavy atom. The zero-order valence-electron chi connectivity index (χ0n) is 10.5. The van der Waals surface area contributed by atoms with Crippen molar-refractivity contribution < 1.29 is 13.6 Å². The van der Waals surface area contributed by atoms with Crippen LogP contribution >= 0.6 is 12.2 Å². The summed E-state index contributed by atoms with van der Waals surface area (Å²) in [4.78, 5) is 17.8. The Morgan fingerprint density at radius 3 is 2.67 bits per heavy atom. The smallest absolute Gasteiger partial charge is 0.257 e. The monoisotopic (exact) mass is 305 g/mol. The molecule has 3 N–H and O–H groups in total. The summed E-state index contributed by atoms with van der Waals surface area (Å²) in [6, 6.07) is 7.77. The molecule has 0 aliphatic heterocycles. The van der Waals surface area contributed by atoms with E-state index in [9.17, 15) is 13.6 Å². The molecule has 0 spiro atoms. The molecule has 0 saturated heterocycles. The summed E-state index contributed by atoms with van der Waals surface area (Å²) in [5.74, 6) is -1.61. The number of fused-ring (bicyclic) bond motifs is 1. The van der Waals surface area contributed by atoms with Crippen LogP contribution in [0.3, 0.4) is 0 Å². The van der Waals surface area contributed by atoms with Gasteiger partial charge in [0.05, 0.1) is 16.6 Å². The molecule has 3 aromatic rings. The molecular formula is C14H9F2N3OS. The number of amides is 1. The first-order valence-corrected chi connectivity index (χ1v) is 6.42. The van der Waals surface area contributed by atoms with Crippen molar-refractivity contribution in [3.8, 4) is 0 Å². The fraction of sp³-hybridized carbons (Fsp3) is 0. The van der Waals surface area contributed by atoms with Crippen molar-refractivity contribution in [2.75, 3.05) is 5.32 Å². The molecule has 0 atom stereocenters. The number of hydrogen-bond acceptors (Lipinski definition) is 2. The zero-order chi connectivity index (χ0) is 15.0. The van der Waals surface area contributed by atoms with E-state index in [-0.39, 0.29) is 16.0 Å². The molecule has 1 aromatic heterocycles. The predicted molar refractivity (Wildman–Crippen MR) is 77.8 cm³/mol. The van der Waals surface area contributed by atoms with Gasteiger partial charge in [-0.25, -0.2) is 8.78 Å². The van der Waals surface area contributed by atoms with Gasteiger partial charge in [0.2, 0.25) is 0 Å². The highest BCUT2D eigenvalue weighted by Crippen LogP contribution is 2.19. The molecule has 3 rings (SSSR count). The third kappa shape index (κ3) is 2.68. The standard InChI is InChI=1S/C14H9F2N3OS/c15-7-2-1-3-9(4-7)17-13(20)10-5-8(16)6-11-12(10)19-14(21)18-11/h1-6H,(H,17,20)(H2,18,19,21). The molecule has 0 saturated carbocycles. The summed E-state index contributed by atoms with van der Waals surface area (Å²) < 4.78 is 27.0. The Balaban J connectivity index is 2.03. The summed E-state index contributed by atoms with van der Waals surface area (Å²) in [5, 5.41) is 2.51. The lowest BCUT2D eigenvalue weighted by Crippen LogP contribution is -2.13. The Labute approximate surface area is 122 Å². The lowest BCUT2D eigenvalue weighted by Gasteiger charge is -2.06. The fourth-order valence-electron chi connectivity index (χ4n) is 2.05. The van der Waals surface area contributed by atoms with E-state index in [0.717, 1.165) is 6.07 Å². The number of halogens is 2. The number of H-pyrrole nitrogens is 2. The van der Waals surface area contributed by atoms with Gasteiger partial charge in [-0.1, -0.05) is 6.07 Å². The highest BCUT2D eigenvalue weighted by atomic mass is 32.1. The number of aromatic amines is 2. The number of benzene rings is 2. The molecule has 0 aliphatic carbocycles. The average molecular weight is 305 g/mol. The van der Waals surface area contributed by atoms with Gasteiger partial charge in [0.25, 0.3) is 5.91 Å². The molecule has 0 bridgehead atoms. The van der Waals surface area contributed by atoms with Crippen molar-refractivity contribution in [1.29, 1.82) is 0 Å². The molecule has 106 valence electrons. The molecule has 1 heterocycles. The van der Waals surface area contributed by atoms with Crippen LogP contribution in [0.5, 0.6) is 0 Å². The lowest BCUT2D eigenvalue weighted by molar-refractivity contribution is 0.102. The summed E-state index contributed by atoms with van der Waals surface area (Å²) in [5.41, 5.74) is 1.16. The number of nitrogens with one attached hydrogen (secondary N) is 3. The van der Waals surface area contributed by atoms with Crippen LogP contribution in [0.25, 0.3) is 11.0 Å². The van der Waals surface area contributed by atoms with Crippen molar-refractivity contribution in [3.63, 3.8) is 0 Å².